The number of carbonyl (C=O) groups is 2. The van der Waals surface area contributed by atoms with Gasteiger partial charge in [-0.2, -0.15) is 0 Å². The zero-order valence-corrected chi connectivity index (χ0v) is 10.7. The van der Waals surface area contributed by atoms with Crippen LogP contribution in [-0.2, 0) is 9.59 Å². The Balaban J connectivity index is 2.80. The molecule has 1 fully saturated rings. The Labute approximate surface area is 102 Å². The van der Waals surface area contributed by atoms with Crippen LogP contribution in [0.1, 0.15) is 46.5 Å². The van der Waals surface area contributed by atoms with Gasteiger partial charge in [0.05, 0.1) is 0 Å². The summed E-state index contributed by atoms with van der Waals surface area (Å²) < 4.78 is 0. The topological polar surface area (TPSA) is 66.4 Å². The molecule has 0 unspecified atom stereocenters. The van der Waals surface area contributed by atoms with E-state index >= 15 is 0 Å². The summed E-state index contributed by atoms with van der Waals surface area (Å²) in [6.07, 6.45) is 4.43. The Morgan fingerprint density at radius 2 is 1.88 bits per heavy atom. The van der Waals surface area contributed by atoms with Crippen LogP contribution in [0.25, 0.3) is 0 Å². The molecular formula is C13H21NO3. The number of hydrogen-bond donors (Lipinski definition) is 2. The summed E-state index contributed by atoms with van der Waals surface area (Å²) in [7, 11) is 0. The molecule has 1 aliphatic carbocycles. The van der Waals surface area contributed by atoms with Crippen molar-refractivity contribution in [3.63, 3.8) is 0 Å². The Hall–Kier alpha value is -1.32. The van der Waals surface area contributed by atoms with Gasteiger partial charge in [-0.1, -0.05) is 13.0 Å². The van der Waals surface area contributed by atoms with Gasteiger partial charge in [0, 0.05) is 5.57 Å². The maximum Gasteiger partial charge on any atom is 0.329 e. The van der Waals surface area contributed by atoms with Crippen LogP contribution in [0.2, 0.25) is 0 Å². The molecule has 4 heteroatoms. The molecular weight excluding hydrogens is 218 g/mol. The van der Waals surface area contributed by atoms with Gasteiger partial charge in [-0.15, -0.1) is 0 Å². The van der Waals surface area contributed by atoms with Gasteiger partial charge in [0.25, 0.3) is 0 Å². The molecule has 17 heavy (non-hydrogen) atoms. The Morgan fingerprint density at radius 1 is 1.35 bits per heavy atom. The average Bonchev–Trinajstić information content (AvgIpc) is 2.30. The minimum Gasteiger partial charge on any atom is -0.480 e. The number of carboxylic acids is 1. The van der Waals surface area contributed by atoms with Crippen LogP contribution in [0.3, 0.4) is 0 Å². The second kappa shape index (κ2) is 5.34. The molecule has 2 N–H and O–H groups in total. The van der Waals surface area contributed by atoms with E-state index in [0.717, 1.165) is 12.8 Å². The van der Waals surface area contributed by atoms with Gasteiger partial charge >= 0.3 is 5.97 Å². The largest absolute Gasteiger partial charge is 0.480 e. The van der Waals surface area contributed by atoms with Crippen molar-refractivity contribution >= 4 is 11.9 Å². The second-order valence-electron chi connectivity index (χ2n) is 5.00. The van der Waals surface area contributed by atoms with Crippen LogP contribution in [-0.4, -0.2) is 22.5 Å². The highest BCUT2D eigenvalue weighted by Crippen LogP contribution is 2.32. The Kier molecular flexibility index (Phi) is 4.32. The summed E-state index contributed by atoms with van der Waals surface area (Å²) in [4.78, 5) is 23.2. The van der Waals surface area contributed by atoms with Crippen molar-refractivity contribution in [2.75, 3.05) is 0 Å². The summed E-state index contributed by atoms with van der Waals surface area (Å²) in [5.74, 6) is -0.645. The molecule has 0 aromatic heterocycles. The standard InChI is InChI=1S/C13H21NO3/c1-4-10(3)11(15)14-13(12(16)17)7-5-9(2)6-8-13/h4,9H,5-8H2,1-3H3,(H,14,15)(H,16,17)/b10-4-. The summed E-state index contributed by atoms with van der Waals surface area (Å²) in [6.45, 7) is 5.58. The van der Waals surface area contributed by atoms with Gasteiger partial charge in [0.1, 0.15) is 5.54 Å². The molecule has 1 amide bonds. The number of aliphatic carboxylic acids is 1. The third-order valence-electron chi connectivity index (χ3n) is 3.68. The summed E-state index contributed by atoms with van der Waals surface area (Å²) >= 11 is 0. The molecule has 0 saturated heterocycles. The molecule has 0 radical (unpaired) electrons. The van der Waals surface area contributed by atoms with Crippen molar-refractivity contribution in [2.45, 2.75) is 52.0 Å². The maximum atomic E-state index is 11.8. The third kappa shape index (κ3) is 3.08. The van der Waals surface area contributed by atoms with E-state index in [9.17, 15) is 14.7 Å². The normalized spacial score (nSPS) is 29.8. The number of carbonyl (C=O) groups excluding carboxylic acids is 1. The first-order chi connectivity index (χ1) is 7.91. The average molecular weight is 239 g/mol. The van der Waals surface area contributed by atoms with Gasteiger partial charge in [-0.3, -0.25) is 4.79 Å². The predicted octanol–water partition coefficient (Wildman–Crippen LogP) is 2.10. The molecule has 0 aromatic rings. The SMILES string of the molecule is C/C=C(/C)C(=O)NC1(C(=O)O)CCC(C)CC1. The maximum absolute atomic E-state index is 11.8. The zero-order valence-electron chi connectivity index (χ0n) is 10.7. The highest BCUT2D eigenvalue weighted by atomic mass is 16.4. The molecule has 96 valence electrons. The van der Waals surface area contributed by atoms with Gasteiger partial charge in [-0.25, -0.2) is 4.79 Å². The fourth-order valence-electron chi connectivity index (χ4n) is 2.09. The first-order valence-corrected chi connectivity index (χ1v) is 6.10. The highest BCUT2D eigenvalue weighted by molar-refractivity contribution is 5.96. The lowest BCUT2D eigenvalue weighted by molar-refractivity contribution is -0.149. The number of allylic oxidation sites excluding steroid dienone is 1. The fourth-order valence-corrected chi connectivity index (χ4v) is 2.09. The smallest absolute Gasteiger partial charge is 0.329 e. The predicted molar refractivity (Wildman–Crippen MR) is 65.6 cm³/mol. The summed E-state index contributed by atoms with van der Waals surface area (Å²) in [5.41, 5.74) is -0.502. The minimum atomic E-state index is -1.06. The summed E-state index contributed by atoms with van der Waals surface area (Å²) in [6, 6.07) is 0. The van der Waals surface area contributed by atoms with Crippen LogP contribution in [0.15, 0.2) is 11.6 Å². The highest BCUT2D eigenvalue weighted by Gasteiger charge is 2.42. The van der Waals surface area contributed by atoms with E-state index in [2.05, 4.69) is 12.2 Å². The van der Waals surface area contributed by atoms with Gasteiger partial charge < -0.3 is 10.4 Å². The van der Waals surface area contributed by atoms with E-state index in [1.165, 1.54) is 0 Å². The first-order valence-electron chi connectivity index (χ1n) is 6.10. The quantitative estimate of drug-likeness (QED) is 0.741. The molecule has 0 aromatic carbocycles. The molecule has 0 atom stereocenters. The third-order valence-corrected chi connectivity index (χ3v) is 3.68. The Morgan fingerprint density at radius 3 is 2.29 bits per heavy atom. The van der Waals surface area contributed by atoms with Crippen molar-refractivity contribution in [1.82, 2.24) is 5.32 Å². The summed E-state index contributed by atoms with van der Waals surface area (Å²) in [5, 5.41) is 12.0. The van der Waals surface area contributed by atoms with Crippen LogP contribution < -0.4 is 5.32 Å². The number of nitrogens with one attached hydrogen (secondary N) is 1. The molecule has 1 aliphatic rings. The van der Waals surface area contributed by atoms with Gasteiger partial charge in [-0.05, 0) is 45.4 Å². The molecule has 1 saturated carbocycles. The lowest BCUT2D eigenvalue weighted by atomic mass is 9.77. The van der Waals surface area contributed by atoms with E-state index in [1.807, 2.05) is 0 Å². The van der Waals surface area contributed by atoms with Gasteiger partial charge in [0.15, 0.2) is 0 Å². The number of amides is 1. The van der Waals surface area contributed by atoms with Crippen LogP contribution in [0.5, 0.6) is 0 Å². The van der Waals surface area contributed by atoms with E-state index in [1.54, 1.807) is 19.9 Å². The van der Waals surface area contributed by atoms with Gasteiger partial charge in [0.2, 0.25) is 5.91 Å². The number of rotatable bonds is 3. The molecule has 1 rings (SSSR count). The minimum absolute atomic E-state index is 0.274. The lowest BCUT2D eigenvalue weighted by Crippen LogP contribution is -2.56. The van der Waals surface area contributed by atoms with Crippen molar-refractivity contribution in [3.8, 4) is 0 Å². The van der Waals surface area contributed by atoms with E-state index in [4.69, 9.17) is 0 Å². The second-order valence-corrected chi connectivity index (χ2v) is 5.00. The lowest BCUT2D eigenvalue weighted by Gasteiger charge is -2.36. The molecule has 0 heterocycles. The molecule has 0 aliphatic heterocycles. The molecule has 0 bridgehead atoms. The van der Waals surface area contributed by atoms with E-state index in [0.29, 0.717) is 24.3 Å². The van der Waals surface area contributed by atoms with E-state index in [-0.39, 0.29) is 5.91 Å². The number of carboxylic acid groups (broad SMARTS) is 1. The van der Waals surface area contributed by atoms with E-state index < -0.39 is 11.5 Å². The number of hydrogen-bond acceptors (Lipinski definition) is 2. The fraction of sp³-hybridized carbons (Fsp3) is 0.692. The molecule has 4 nitrogen and oxygen atoms in total. The Bertz CT molecular complexity index is 339. The van der Waals surface area contributed by atoms with Crippen molar-refractivity contribution in [1.29, 1.82) is 0 Å². The zero-order chi connectivity index (χ0) is 13.1. The van der Waals surface area contributed by atoms with Crippen LogP contribution in [0.4, 0.5) is 0 Å². The van der Waals surface area contributed by atoms with Crippen molar-refractivity contribution < 1.29 is 14.7 Å². The molecule has 0 spiro atoms. The monoisotopic (exact) mass is 239 g/mol. The van der Waals surface area contributed by atoms with Crippen LogP contribution >= 0.6 is 0 Å². The first kappa shape index (κ1) is 13.7. The van der Waals surface area contributed by atoms with Crippen LogP contribution in [0, 0.1) is 5.92 Å². The van der Waals surface area contributed by atoms with Crippen molar-refractivity contribution in [3.05, 3.63) is 11.6 Å². The van der Waals surface area contributed by atoms with Crippen molar-refractivity contribution in [2.24, 2.45) is 5.92 Å².